The van der Waals surface area contributed by atoms with Crippen LogP contribution in [0.3, 0.4) is 0 Å². The van der Waals surface area contributed by atoms with Crippen molar-refractivity contribution in [1.29, 1.82) is 0 Å². The highest BCUT2D eigenvalue weighted by molar-refractivity contribution is 5.30. The lowest BCUT2D eigenvalue weighted by molar-refractivity contribution is -0.0116. The maximum Gasteiger partial charge on any atom is 0.119 e. The minimum absolute atomic E-state index is 0.0742. The van der Waals surface area contributed by atoms with Crippen molar-refractivity contribution in [2.24, 2.45) is 5.41 Å². The second-order valence-corrected chi connectivity index (χ2v) is 6.94. The summed E-state index contributed by atoms with van der Waals surface area (Å²) in [5, 5.41) is 3.56. The summed E-state index contributed by atoms with van der Waals surface area (Å²) in [7, 11) is 1.80. The number of ether oxygens (including phenoxy) is 2. The highest BCUT2D eigenvalue weighted by Crippen LogP contribution is 2.34. The summed E-state index contributed by atoms with van der Waals surface area (Å²) in [6.07, 6.45) is 2.95. The molecule has 0 aromatic heterocycles. The predicted molar refractivity (Wildman–Crippen MR) is 86.8 cm³/mol. The molecule has 0 bridgehead atoms. The Kier molecular flexibility index (Phi) is 5.28. The molecule has 1 aliphatic rings. The number of nitrogens with one attached hydrogen (secondary N) is 1. The maximum atomic E-state index is 5.82. The van der Waals surface area contributed by atoms with Crippen molar-refractivity contribution in [3.63, 3.8) is 0 Å². The van der Waals surface area contributed by atoms with Crippen LogP contribution in [0.25, 0.3) is 0 Å². The van der Waals surface area contributed by atoms with Crippen LogP contribution in [0.4, 0.5) is 0 Å². The van der Waals surface area contributed by atoms with Gasteiger partial charge in [-0.05, 0) is 42.5 Å². The van der Waals surface area contributed by atoms with Gasteiger partial charge in [-0.3, -0.25) is 0 Å². The van der Waals surface area contributed by atoms with Gasteiger partial charge in [0, 0.05) is 7.11 Å². The van der Waals surface area contributed by atoms with E-state index in [4.69, 9.17) is 9.47 Å². The van der Waals surface area contributed by atoms with Gasteiger partial charge < -0.3 is 14.8 Å². The maximum absolute atomic E-state index is 5.82. The summed E-state index contributed by atoms with van der Waals surface area (Å²) in [4.78, 5) is 0. The first-order valence-corrected chi connectivity index (χ1v) is 7.98. The molecule has 2 unspecified atom stereocenters. The van der Waals surface area contributed by atoms with Crippen LogP contribution in [-0.4, -0.2) is 25.9 Å². The van der Waals surface area contributed by atoms with Crippen LogP contribution in [-0.2, 0) is 4.74 Å². The Bertz CT molecular complexity index is 432. The Morgan fingerprint density at radius 3 is 2.24 bits per heavy atom. The number of likely N-dealkylation sites (N-methyl/N-ethyl adjacent to an activating group) is 1. The van der Waals surface area contributed by atoms with E-state index < -0.39 is 0 Å². The van der Waals surface area contributed by atoms with Crippen LogP contribution in [0.15, 0.2) is 24.3 Å². The quantitative estimate of drug-likeness (QED) is 0.825. The monoisotopic (exact) mass is 291 g/mol. The van der Waals surface area contributed by atoms with Crippen LogP contribution >= 0.6 is 0 Å². The van der Waals surface area contributed by atoms with Gasteiger partial charge in [0.15, 0.2) is 0 Å². The molecule has 1 aromatic rings. The molecule has 1 saturated carbocycles. The molecule has 21 heavy (non-hydrogen) atoms. The van der Waals surface area contributed by atoms with E-state index in [1.165, 1.54) is 18.4 Å². The fourth-order valence-corrected chi connectivity index (χ4v) is 2.74. The molecular formula is C18H29NO2. The van der Waals surface area contributed by atoms with Crippen LogP contribution in [0.1, 0.15) is 52.1 Å². The van der Waals surface area contributed by atoms with Crippen LogP contribution < -0.4 is 10.1 Å². The molecule has 2 atom stereocenters. The number of benzene rings is 1. The van der Waals surface area contributed by atoms with E-state index in [9.17, 15) is 0 Å². The van der Waals surface area contributed by atoms with E-state index in [1.54, 1.807) is 7.11 Å². The highest BCUT2D eigenvalue weighted by atomic mass is 16.5. The fraction of sp³-hybridized carbons (Fsp3) is 0.667. The van der Waals surface area contributed by atoms with E-state index in [0.717, 1.165) is 12.3 Å². The van der Waals surface area contributed by atoms with Gasteiger partial charge in [-0.15, -0.1) is 0 Å². The van der Waals surface area contributed by atoms with Crippen molar-refractivity contribution in [2.75, 3.05) is 13.7 Å². The first-order valence-electron chi connectivity index (χ1n) is 7.98. The topological polar surface area (TPSA) is 30.5 Å². The lowest BCUT2D eigenvalue weighted by Crippen LogP contribution is -2.41. The molecule has 0 saturated heterocycles. The molecule has 1 fully saturated rings. The van der Waals surface area contributed by atoms with Gasteiger partial charge >= 0.3 is 0 Å². The van der Waals surface area contributed by atoms with E-state index in [1.807, 2.05) is 0 Å². The van der Waals surface area contributed by atoms with Crippen LogP contribution in [0.5, 0.6) is 5.75 Å². The third-order valence-electron chi connectivity index (χ3n) is 3.90. The zero-order valence-electron chi connectivity index (χ0n) is 14.0. The molecule has 0 amide bonds. The summed E-state index contributed by atoms with van der Waals surface area (Å²) >= 11 is 0. The summed E-state index contributed by atoms with van der Waals surface area (Å²) in [5.41, 5.74) is 1.33. The Labute approximate surface area is 129 Å². The molecule has 118 valence electrons. The van der Waals surface area contributed by atoms with Crippen LogP contribution in [0.2, 0.25) is 0 Å². The Morgan fingerprint density at radius 1 is 1.19 bits per heavy atom. The molecule has 3 heteroatoms. The minimum Gasteiger partial charge on any atom is -0.490 e. The molecule has 3 nitrogen and oxygen atoms in total. The number of methoxy groups -OCH3 is 1. The largest absolute Gasteiger partial charge is 0.490 e. The zero-order chi connectivity index (χ0) is 15.5. The molecule has 0 heterocycles. The number of hydrogen-bond donors (Lipinski definition) is 1. The predicted octanol–water partition coefficient (Wildman–Crippen LogP) is 3.94. The lowest BCUT2D eigenvalue weighted by atomic mass is 9.82. The van der Waals surface area contributed by atoms with Gasteiger partial charge in [0.05, 0.1) is 18.2 Å². The van der Waals surface area contributed by atoms with Crippen molar-refractivity contribution < 1.29 is 9.47 Å². The van der Waals surface area contributed by atoms with Gasteiger partial charge in [-0.25, -0.2) is 0 Å². The lowest BCUT2D eigenvalue weighted by Gasteiger charge is -2.36. The van der Waals surface area contributed by atoms with Crippen molar-refractivity contribution >= 4 is 0 Å². The Morgan fingerprint density at radius 2 is 1.81 bits per heavy atom. The van der Waals surface area contributed by atoms with Gasteiger partial charge in [0.25, 0.3) is 0 Å². The van der Waals surface area contributed by atoms with E-state index in [2.05, 4.69) is 57.3 Å². The first-order chi connectivity index (χ1) is 9.95. The summed E-state index contributed by atoms with van der Waals surface area (Å²) in [6, 6.07) is 8.65. The second-order valence-electron chi connectivity index (χ2n) is 6.94. The summed E-state index contributed by atoms with van der Waals surface area (Å²) < 4.78 is 11.6. The van der Waals surface area contributed by atoms with Crippen molar-refractivity contribution in [3.05, 3.63) is 29.8 Å². The number of rotatable bonds is 7. The van der Waals surface area contributed by atoms with E-state index >= 15 is 0 Å². The third kappa shape index (κ3) is 4.45. The van der Waals surface area contributed by atoms with Crippen molar-refractivity contribution in [2.45, 2.75) is 58.8 Å². The SMILES string of the molecule is CCNC(c1ccc(OC2CC2)cc1)C(OC)C(C)(C)C. The van der Waals surface area contributed by atoms with E-state index in [0.29, 0.717) is 6.10 Å². The zero-order valence-corrected chi connectivity index (χ0v) is 14.0. The molecule has 0 spiro atoms. The molecule has 1 aliphatic carbocycles. The first kappa shape index (κ1) is 16.3. The normalized spacial score (nSPS) is 18.3. The Hall–Kier alpha value is -1.06. The van der Waals surface area contributed by atoms with E-state index in [-0.39, 0.29) is 17.6 Å². The van der Waals surface area contributed by atoms with Gasteiger partial charge in [0.1, 0.15) is 5.75 Å². The molecular weight excluding hydrogens is 262 g/mol. The third-order valence-corrected chi connectivity index (χ3v) is 3.90. The molecule has 0 aliphatic heterocycles. The second kappa shape index (κ2) is 6.80. The van der Waals surface area contributed by atoms with Crippen molar-refractivity contribution in [1.82, 2.24) is 5.32 Å². The summed E-state index contributed by atoms with van der Waals surface area (Å²) in [6.45, 7) is 9.70. The molecule has 0 radical (unpaired) electrons. The molecule has 1 aromatic carbocycles. The smallest absolute Gasteiger partial charge is 0.119 e. The standard InChI is InChI=1S/C18H29NO2/c1-6-19-16(17(20-5)18(2,3)4)13-7-9-14(10-8-13)21-15-11-12-15/h7-10,15-17,19H,6,11-12H2,1-5H3. The Balaban J connectivity index is 2.15. The van der Waals surface area contributed by atoms with Gasteiger partial charge in [0.2, 0.25) is 0 Å². The average Bonchev–Trinajstić information content (AvgIpc) is 3.22. The van der Waals surface area contributed by atoms with Crippen LogP contribution in [0, 0.1) is 5.41 Å². The summed E-state index contributed by atoms with van der Waals surface area (Å²) in [5.74, 6) is 0.973. The molecule has 2 rings (SSSR count). The van der Waals surface area contributed by atoms with Gasteiger partial charge in [-0.2, -0.15) is 0 Å². The van der Waals surface area contributed by atoms with Gasteiger partial charge in [-0.1, -0.05) is 39.8 Å². The fourth-order valence-electron chi connectivity index (χ4n) is 2.74. The highest BCUT2D eigenvalue weighted by Gasteiger charge is 2.33. The minimum atomic E-state index is 0.0742. The number of hydrogen-bond acceptors (Lipinski definition) is 3. The van der Waals surface area contributed by atoms with Crippen molar-refractivity contribution in [3.8, 4) is 5.75 Å². The average molecular weight is 291 g/mol. The molecule has 1 N–H and O–H groups in total.